The predicted octanol–water partition coefficient (Wildman–Crippen LogP) is 3.17. The molecule has 2 rings (SSSR count). The first-order valence-electron chi connectivity index (χ1n) is 6.99. The summed E-state index contributed by atoms with van der Waals surface area (Å²) in [5.41, 5.74) is 1.32. The van der Waals surface area contributed by atoms with Crippen molar-refractivity contribution in [1.82, 2.24) is 0 Å². The van der Waals surface area contributed by atoms with E-state index in [2.05, 4.69) is 13.0 Å². The SMILES string of the molecule is CC(=O)O.CC1CC=C(C(C)OC(=O)C2CC2)CC1. The second kappa shape index (κ2) is 7.31. The highest BCUT2D eigenvalue weighted by Crippen LogP contribution is 2.32. The molecule has 2 aliphatic rings. The van der Waals surface area contributed by atoms with Gasteiger partial charge in [-0.3, -0.25) is 9.59 Å². The fraction of sp³-hybridized carbons (Fsp3) is 0.733. The van der Waals surface area contributed by atoms with Crippen LogP contribution in [-0.2, 0) is 14.3 Å². The van der Waals surface area contributed by atoms with Crippen molar-refractivity contribution in [3.63, 3.8) is 0 Å². The highest BCUT2D eigenvalue weighted by atomic mass is 16.5. The number of allylic oxidation sites excluding steroid dienone is 1. The number of rotatable bonds is 3. The number of ether oxygens (including phenoxy) is 1. The number of carbonyl (C=O) groups excluding carboxylic acids is 1. The molecule has 0 amide bonds. The molecule has 0 radical (unpaired) electrons. The molecule has 0 saturated heterocycles. The molecule has 19 heavy (non-hydrogen) atoms. The Morgan fingerprint density at radius 3 is 2.37 bits per heavy atom. The zero-order valence-corrected chi connectivity index (χ0v) is 12.0. The first-order valence-corrected chi connectivity index (χ1v) is 6.99. The maximum Gasteiger partial charge on any atom is 0.309 e. The van der Waals surface area contributed by atoms with Gasteiger partial charge in [0.2, 0.25) is 0 Å². The van der Waals surface area contributed by atoms with Crippen LogP contribution in [0, 0.1) is 11.8 Å². The van der Waals surface area contributed by atoms with Crippen LogP contribution in [0.15, 0.2) is 11.6 Å². The van der Waals surface area contributed by atoms with Crippen molar-refractivity contribution >= 4 is 11.9 Å². The van der Waals surface area contributed by atoms with Gasteiger partial charge in [-0.15, -0.1) is 0 Å². The Morgan fingerprint density at radius 1 is 1.37 bits per heavy atom. The fourth-order valence-corrected chi connectivity index (χ4v) is 2.02. The van der Waals surface area contributed by atoms with Crippen molar-refractivity contribution in [2.75, 3.05) is 0 Å². The number of carboxylic acid groups (broad SMARTS) is 1. The Morgan fingerprint density at radius 2 is 1.95 bits per heavy atom. The van der Waals surface area contributed by atoms with E-state index >= 15 is 0 Å². The van der Waals surface area contributed by atoms with Crippen LogP contribution >= 0.6 is 0 Å². The van der Waals surface area contributed by atoms with Gasteiger partial charge in [0.1, 0.15) is 6.10 Å². The van der Waals surface area contributed by atoms with E-state index in [1.807, 2.05) is 6.92 Å². The Hall–Kier alpha value is -1.32. The van der Waals surface area contributed by atoms with Gasteiger partial charge in [0, 0.05) is 6.92 Å². The molecule has 0 aromatic rings. The minimum Gasteiger partial charge on any atom is -0.481 e. The number of esters is 1. The second-order valence-corrected chi connectivity index (χ2v) is 5.53. The summed E-state index contributed by atoms with van der Waals surface area (Å²) < 4.78 is 5.44. The topological polar surface area (TPSA) is 63.6 Å². The molecule has 0 spiro atoms. The largest absolute Gasteiger partial charge is 0.481 e. The predicted molar refractivity (Wildman–Crippen MR) is 72.7 cm³/mol. The Labute approximate surface area is 114 Å². The summed E-state index contributed by atoms with van der Waals surface area (Å²) in [6.45, 7) is 5.36. The van der Waals surface area contributed by atoms with Crippen molar-refractivity contribution in [3.05, 3.63) is 11.6 Å². The lowest BCUT2D eigenvalue weighted by atomic mass is 9.89. The van der Waals surface area contributed by atoms with Crippen molar-refractivity contribution in [2.24, 2.45) is 11.8 Å². The van der Waals surface area contributed by atoms with E-state index in [4.69, 9.17) is 14.6 Å². The van der Waals surface area contributed by atoms with Crippen LogP contribution in [0.2, 0.25) is 0 Å². The first kappa shape index (κ1) is 15.7. The van der Waals surface area contributed by atoms with E-state index in [-0.39, 0.29) is 18.0 Å². The van der Waals surface area contributed by atoms with Gasteiger partial charge in [-0.05, 0) is 50.5 Å². The molecule has 1 saturated carbocycles. The molecule has 4 nitrogen and oxygen atoms in total. The average Bonchev–Trinajstić information content (AvgIpc) is 3.12. The number of hydrogen-bond donors (Lipinski definition) is 1. The summed E-state index contributed by atoms with van der Waals surface area (Å²) in [7, 11) is 0. The Balaban J connectivity index is 0.000000399. The zero-order chi connectivity index (χ0) is 14.4. The van der Waals surface area contributed by atoms with Gasteiger partial charge in [-0.25, -0.2) is 0 Å². The molecule has 4 heteroatoms. The maximum absolute atomic E-state index is 11.5. The molecule has 0 aliphatic heterocycles. The van der Waals surface area contributed by atoms with Gasteiger partial charge >= 0.3 is 5.97 Å². The van der Waals surface area contributed by atoms with Crippen LogP contribution in [0.4, 0.5) is 0 Å². The lowest BCUT2D eigenvalue weighted by Gasteiger charge is -2.23. The summed E-state index contributed by atoms with van der Waals surface area (Å²) >= 11 is 0. The number of hydrogen-bond acceptors (Lipinski definition) is 3. The summed E-state index contributed by atoms with van der Waals surface area (Å²) in [4.78, 5) is 20.5. The van der Waals surface area contributed by atoms with Crippen molar-refractivity contribution in [3.8, 4) is 0 Å². The second-order valence-electron chi connectivity index (χ2n) is 5.53. The van der Waals surface area contributed by atoms with Crippen LogP contribution in [0.5, 0.6) is 0 Å². The third-order valence-corrected chi connectivity index (χ3v) is 3.43. The van der Waals surface area contributed by atoms with Gasteiger partial charge in [0.15, 0.2) is 0 Å². The number of aliphatic carboxylic acids is 1. The lowest BCUT2D eigenvalue weighted by Crippen LogP contribution is -2.20. The van der Waals surface area contributed by atoms with Gasteiger partial charge in [-0.1, -0.05) is 13.0 Å². The van der Waals surface area contributed by atoms with Gasteiger partial charge in [0.05, 0.1) is 5.92 Å². The monoisotopic (exact) mass is 268 g/mol. The smallest absolute Gasteiger partial charge is 0.309 e. The van der Waals surface area contributed by atoms with Crippen molar-refractivity contribution < 1.29 is 19.4 Å². The van der Waals surface area contributed by atoms with Gasteiger partial charge < -0.3 is 9.84 Å². The first-order chi connectivity index (χ1) is 8.90. The van der Waals surface area contributed by atoms with E-state index in [1.54, 1.807) is 0 Å². The van der Waals surface area contributed by atoms with Crippen LogP contribution in [0.1, 0.15) is 52.9 Å². The number of carbonyl (C=O) groups is 2. The van der Waals surface area contributed by atoms with E-state index < -0.39 is 5.97 Å². The molecular weight excluding hydrogens is 244 g/mol. The van der Waals surface area contributed by atoms with Gasteiger partial charge in [-0.2, -0.15) is 0 Å². The standard InChI is InChI=1S/C13H20O2.C2H4O2/c1-9-3-5-11(6-4-9)10(2)15-13(14)12-7-8-12;1-2(3)4/h5,9-10,12H,3-4,6-8H2,1-2H3;1H3,(H,3,4). The van der Waals surface area contributed by atoms with E-state index in [1.165, 1.54) is 12.0 Å². The fourth-order valence-electron chi connectivity index (χ4n) is 2.02. The quantitative estimate of drug-likeness (QED) is 0.630. The Bertz CT molecular complexity index is 351. The summed E-state index contributed by atoms with van der Waals surface area (Å²) in [5.74, 6) is 0.192. The molecule has 1 N–H and O–H groups in total. The summed E-state index contributed by atoms with van der Waals surface area (Å²) in [6.07, 6.45) is 7.80. The Kier molecular flexibility index (Phi) is 6.06. The molecule has 2 unspecified atom stereocenters. The third kappa shape index (κ3) is 6.41. The summed E-state index contributed by atoms with van der Waals surface area (Å²) in [6, 6.07) is 0. The van der Waals surface area contributed by atoms with Crippen LogP contribution in [-0.4, -0.2) is 23.1 Å². The minimum atomic E-state index is -0.833. The minimum absolute atomic E-state index is 0.00519. The molecule has 1 fully saturated rings. The number of carboxylic acids is 1. The van der Waals surface area contributed by atoms with E-state index in [9.17, 15) is 4.79 Å². The summed E-state index contributed by atoms with van der Waals surface area (Å²) in [5, 5.41) is 7.42. The van der Waals surface area contributed by atoms with Crippen molar-refractivity contribution in [1.29, 1.82) is 0 Å². The average molecular weight is 268 g/mol. The molecule has 2 atom stereocenters. The normalized spacial score (nSPS) is 23.5. The molecule has 0 heterocycles. The molecule has 0 bridgehead atoms. The molecule has 108 valence electrons. The molecule has 0 aromatic carbocycles. The molecule has 2 aliphatic carbocycles. The zero-order valence-electron chi connectivity index (χ0n) is 12.0. The van der Waals surface area contributed by atoms with E-state index in [0.29, 0.717) is 0 Å². The lowest BCUT2D eigenvalue weighted by molar-refractivity contribution is -0.148. The third-order valence-electron chi connectivity index (χ3n) is 3.43. The van der Waals surface area contributed by atoms with Crippen molar-refractivity contribution in [2.45, 2.75) is 59.0 Å². The maximum atomic E-state index is 11.5. The van der Waals surface area contributed by atoms with Gasteiger partial charge in [0.25, 0.3) is 5.97 Å². The van der Waals surface area contributed by atoms with Crippen LogP contribution in [0.3, 0.4) is 0 Å². The van der Waals surface area contributed by atoms with E-state index in [0.717, 1.165) is 38.5 Å². The highest BCUT2D eigenvalue weighted by molar-refractivity contribution is 5.75. The van der Waals surface area contributed by atoms with Crippen LogP contribution < -0.4 is 0 Å². The highest BCUT2D eigenvalue weighted by Gasteiger charge is 2.32. The molecule has 0 aromatic heterocycles. The molecular formula is C15H24O4. The van der Waals surface area contributed by atoms with Crippen LogP contribution in [0.25, 0.3) is 0 Å².